The maximum absolute atomic E-state index is 6.64. The lowest BCUT2D eigenvalue weighted by Crippen LogP contribution is -2.42. The highest BCUT2D eigenvalue weighted by Crippen LogP contribution is 2.52. The van der Waals surface area contributed by atoms with Crippen molar-refractivity contribution in [2.75, 3.05) is 14.2 Å². The summed E-state index contributed by atoms with van der Waals surface area (Å²) in [4.78, 5) is 0. The van der Waals surface area contributed by atoms with Crippen LogP contribution >= 0.6 is 0 Å². The summed E-state index contributed by atoms with van der Waals surface area (Å²) in [6.45, 7) is 9.20. The standard InChI is InChI=1S/C23H34O3/c1-15(2)11-18-14-23(9-7-17(8-10-23)16(3)4)26-21-13-19(24-5)12-20(25-6)22(18)21/h7,9,12-13,15-18H,8,10-11,14H2,1-6H3. The Labute approximate surface area is 158 Å². The van der Waals surface area contributed by atoms with Crippen LogP contribution < -0.4 is 14.2 Å². The predicted octanol–water partition coefficient (Wildman–Crippen LogP) is 5.98. The molecule has 1 aromatic rings. The van der Waals surface area contributed by atoms with Gasteiger partial charge in [0.1, 0.15) is 22.8 Å². The first-order valence-corrected chi connectivity index (χ1v) is 10.0. The molecule has 0 amide bonds. The first-order chi connectivity index (χ1) is 12.4. The second-order valence-electron chi connectivity index (χ2n) is 8.74. The van der Waals surface area contributed by atoms with E-state index in [9.17, 15) is 0 Å². The fourth-order valence-corrected chi connectivity index (χ4v) is 4.60. The molecule has 1 aliphatic carbocycles. The van der Waals surface area contributed by atoms with Crippen molar-refractivity contribution in [3.63, 3.8) is 0 Å². The Morgan fingerprint density at radius 3 is 2.46 bits per heavy atom. The topological polar surface area (TPSA) is 27.7 Å². The van der Waals surface area contributed by atoms with E-state index in [0.717, 1.165) is 36.5 Å². The van der Waals surface area contributed by atoms with Crippen LogP contribution in [-0.2, 0) is 0 Å². The number of fused-ring (bicyclic) bond motifs is 1. The molecule has 1 aromatic carbocycles. The monoisotopic (exact) mass is 358 g/mol. The summed E-state index contributed by atoms with van der Waals surface area (Å²) in [5, 5.41) is 0. The Balaban J connectivity index is 2.01. The first kappa shape index (κ1) is 19.1. The lowest BCUT2D eigenvalue weighted by molar-refractivity contribution is 0.0542. The van der Waals surface area contributed by atoms with Crippen molar-refractivity contribution >= 4 is 0 Å². The second kappa shape index (κ2) is 7.54. The summed E-state index contributed by atoms with van der Waals surface area (Å²) in [7, 11) is 3.43. The highest BCUT2D eigenvalue weighted by molar-refractivity contribution is 5.54. The van der Waals surface area contributed by atoms with Crippen molar-refractivity contribution in [1.29, 1.82) is 0 Å². The van der Waals surface area contributed by atoms with Crippen molar-refractivity contribution in [3.8, 4) is 17.2 Å². The van der Waals surface area contributed by atoms with Gasteiger partial charge in [-0.25, -0.2) is 0 Å². The molecule has 144 valence electrons. The van der Waals surface area contributed by atoms with Crippen LogP contribution in [0.5, 0.6) is 17.2 Å². The van der Waals surface area contributed by atoms with Crippen LogP contribution in [0.1, 0.15) is 64.9 Å². The summed E-state index contributed by atoms with van der Waals surface area (Å²) < 4.78 is 17.8. The van der Waals surface area contributed by atoms with Gasteiger partial charge in [0, 0.05) is 17.7 Å². The lowest BCUT2D eigenvalue weighted by atomic mass is 9.72. The van der Waals surface area contributed by atoms with Gasteiger partial charge >= 0.3 is 0 Å². The number of methoxy groups -OCH3 is 2. The number of allylic oxidation sites excluding steroid dienone is 1. The average Bonchev–Trinajstić information content (AvgIpc) is 2.60. The number of rotatable bonds is 5. The van der Waals surface area contributed by atoms with Crippen LogP contribution in [0.2, 0.25) is 0 Å². The number of hydrogen-bond donors (Lipinski definition) is 0. The Morgan fingerprint density at radius 1 is 1.15 bits per heavy atom. The van der Waals surface area contributed by atoms with E-state index in [0.29, 0.717) is 23.7 Å². The molecule has 1 spiro atoms. The Morgan fingerprint density at radius 2 is 1.92 bits per heavy atom. The van der Waals surface area contributed by atoms with Crippen LogP contribution in [0.4, 0.5) is 0 Å². The molecule has 3 nitrogen and oxygen atoms in total. The zero-order chi connectivity index (χ0) is 18.9. The van der Waals surface area contributed by atoms with Crippen molar-refractivity contribution in [1.82, 2.24) is 0 Å². The van der Waals surface area contributed by atoms with Crippen LogP contribution in [0.3, 0.4) is 0 Å². The molecule has 0 saturated carbocycles. The van der Waals surface area contributed by atoms with Crippen LogP contribution in [0, 0.1) is 17.8 Å². The van der Waals surface area contributed by atoms with E-state index in [2.05, 4.69) is 39.8 Å². The normalized spacial score (nSPS) is 27.5. The number of ether oxygens (including phenoxy) is 3. The Kier molecular flexibility index (Phi) is 5.55. The fraction of sp³-hybridized carbons (Fsp3) is 0.652. The molecular weight excluding hydrogens is 324 g/mol. The molecule has 0 saturated heterocycles. The second-order valence-corrected chi connectivity index (χ2v) is 8.74. The third-order valence-corrected chi connectivity index (χ3v) is 6.01. The molecule has 0 aromatic heterocycles. The molecule has 2 aliphatic rings. The van der Waals surface area contributed by atoms with E-state index >= 15 is 0 Å². The third kappa shape index (κ3) is 3.72. The van der Waals surface area contributed by atoms with Gasteiger partial charge in [-0.3, -0.25) is 0 Å². The lowest BCUT2D eigenvalue weighted by Gasteiger charge is -2.44. The minimum Gasteiger partial charge on any atom is -0.496 e. The van der Waals surface area contributed by atoms with Crippen molar-refractivity contribution in [3.05, 3.63) is 29.8 Å². The predicted molar refractivity (Wildman–Crippen MR) is 106 cm³/mol. The van der Waals surface area contributed by atoms with Gasteiger partial charge in [0.15, 0.2) is 0 Å². The maximum atomic E-state index is 6.64. The molecule has 3 heteroatoms. The van der Waals surface area contributed by atoms with Gasteiger partial charge in [0.25, 0.3) is 0 Å². The molecule has 3 atom stereocenters. The number of hydrogen-bond acceptors (Lipinski definition) is 3. The molecule has 0 bridgehead atoms. The van der Waals surface area contributed by atoms with E-state index in [1.807, 2.05) is 12.1 Å². The molecule has 26 heavy (non-hydrogen) atoms. The summed E-state index contributed by atoms with van der Waals surface area (Å²) in [6.07, 6.45) is 9.19. The zero-order valence-corrected chi connectivity index (χ0v) is 17.2. The van der Waals surface area contributed by atoms with E-state index in [4.69, 9.17) is 14.2 Å². The van der Waals surface area contributed by atoms with E-state index < -0.39 is 0 Å². The molecule has 0 fully saturated rings. The fourth-order valence-electron chi connectivity index (χ4n) is 4.60. The summed E-state index contributed by atoms with van der Waals surface area (Å²) >= 11 is 0. The molecule has 0 N–H and O–H groups in total. The smallest absolute Gasteiger partial charge is 0.131 e. The van der Waals surface area contributed by atoms with Gasteiger partial charge in [-0.1, -0.05) is 33.8 Å². The Bertz CT molecular complexity index is 662. The van der Waals surface area contributed by atoms with E-state index in [-0.39, 0.29) is 5.60 Å². The van der Waals surface area contributed by atoms with Gasteiger partial charge in [-0.2, -0.15) is 0 Å². The summed E-state index contributed by atoms with van der Waals surface area (Å²) in [6, 6.07) is 4.02. The Hall–Kier alpha value is -1.64. The number of benzene rings is 1. The SMILES string of the molecule is COc1cc(OC)c2c(c1)OC1(C=CC(C(C)C)CC1)CC2CC(C)C. The van der Waals surface area contributed by atoms with Gasteiger partial charge in [0.05, 0.1) is 14.2 Å². The van der Waals surface area contributed by atoms with Crippen LogP contribution in [0.15, 0.2) is 24.3 Å². The minimum atomic E-state index is -0.185. The maximum Gasteiger partial charge on any atom is 0.131 e. The van der Waals surface area contributed by atoms with Gasteiger partial charge in [0.2, 0.25) is 0 Å². The first-order valence-electron chi connectivity index (χ1n) is 10.0. The third-order valence-electron chi connectivity index (χ3n) is 6.01. The van der Waals surface area contributed by atoms with Gasteiger partial charge in [-0.15, -0.1) is 0 Å². The van der Waals surface area contributed by atoms with E-state index in [1.54, 1.807) is 14.2 Å². The largest absolute Gasteiger partial charge is 0.496 e. The molecule has 3 unspecified atom stereocenters. The molecular formula is C23H34O3. The van der Waals surface area contributed by atoms with Gasteiger partial charge in [-0.05, 0) is 55.4 Å². The summed E-state index contributed by atoms with van der Waals surface area (Å²) in [5.74, 6) is 5.04. The van der Waals surface area contributed by atoms with Crippen LogP contribution in [-0.4, -0.2) is 19.8 Å². The van der Waals surface area contributed by atoms with Crippen LogP contribution in [0.25, 0.3) is 0 Å². The minimum absolute atomic E-state index is 0.185. The average molecular weight is 359 g/mol. The van der Waals surface area contributed by atoms with Crippen molar-refractivity contribution in [2.24, 2.45) is 17.8 Å². The quantitative estimate of drug-likeness (QED) is 0.606. The van der Waals surface area contributed by atoms with E-state index in [1.165, 1.54) is 12.0 Å². The highest BCUT2D eigenvalue weighted by Gasteiger charge is 2.43. The molecule has 0 radical (unpaired) electrons. The molecule has 1 aliphatic heterocycles. The summed E-state index contributed by atoms with van der Waals surface area (Å²) in [5.41, 5.74) is 1.03. The highest BCUT2D eigenvalue weighted by atomic mass is 16.5. The van der Waals surface area contributed by atoms with Crippen molar-refractivity contribution in [2.45, 2.75) is 64.9 Å². The van der Waals surface area contributed by atoms with Crippen molar-refractivity contribution < 1.29 is 14.2 Å². The molecule has 1 heterocycles. The molecule has 3 rings (SSSR count). The van der Waals surface area contributed by atoms with Gasteiger partial charge < -0.3 is 14.2 Å². The zero-order valence-electron chi connectivity index (χ0n) is 17.2.